The largest absolute Gasteiger partial charge is 0.399 e. The van der Waals surface area contributed by atoms with Crippen LogP contribution in [0.25, 0.3) is 0 Å². The quantitative estimate of drug-likeness (QED) is 0.461. The van der Waals surface area contributed by atoms with Gasteiger partial charge in [-0.15, -0.1) is 0 Å². The summed E-state index contributed by atoms with van der Waals surface area (Å²) < 4.78 is 8.03. The Kier molecular flexibility index (Phi) is 5.28. The number of benzene rings is 3. The summed E-state index contributed by atoms with van der Waals surface area (Å²) in [5.74, 6) is 0. The SMILES string of the molecule is CC(C)(C)O[Si](c1ccccc1)(c1ccccc1)c1ccc(Br)cc1. The predicted molar refractivity (Wildman–Crippen MR) is 113 cm³/mol. The summed E-state index contributed by atoms with van der Waals surface area (Å²) in [7, 11) is -2.60. The summed E-state index contributed by atoms with van der Waals surface area (Å²) >= 11 is 3.56. The maximum Gasteiger partial charge on any atom is 0.288 e. The monoisotopic (exact) mass is 410 g/mol. The Balaban J connectivity index is 2.33. The van der Waals surface area contributed by atoms with Crippen LogP contribution in [-0.4, -0.2) is 13.9 Å². The van der Waals surface area contributed by atoms with E-state index in [4.69, 9.17) is 4.43 Å². The molecule has 0 N–H and O–H groups in total. The predicted octanol–water partition coefficient (Wildman–Crippen LogP) is 4.23. The zero-order chi connectivity index (χ0) is 17.9. The number of hydrogen-bond acceptors (Lipinski definition) is 1. The van der Waals surface area contributed by atoms with Gasteiger partial charge in [-0.2, -0.15) is 0 Å². The molecule has 0 aromatic heterocycles. The maximum atomic E-state index is 6.95. The highest BCUT2D eigenvalue weighted by Crippen LogP contribution is 2.19. The van der Waals surface area contributed by atoms with Crippen molar-refractivity contribution in [1.82, 2.24) is 0 Å². The second-order valence-corrected chi connectivity index (χ2v) is 11.3. The number of hydrogen-bond donors (Lipinski definition) is 0. The van der Waals surface area contributed by atoms with Crippen molar-refractivity contribution in [1.29, 1.82) is 0 Å². The fourth-order valence-corrected chi connectivity index (χ4v) is 7.66. The molecule has 3 rings (SSSR count). The lowest BCUT2D eigenvalue weighted by Crippen LogP contribution is -2.71. The number of rotatable bonds is 4. The van der Waals surface area contributed by atoms with Gasteiger partial charge in [-0.05, 0) is 48.5 Å². The molecule has 3 aromatic rings. The molecule has 0 saturated heterocycles. The third-order valence-corrected chi connectivity index (χ3v) is 8.96. The zero-order valence-electron chi connectivity index (χ0n) is 14.9. The fraction of sp³-hybridized carbons (Fsp3) is 0.182. The average Bonchev–Trinajstić information content (AvgIpc) is 2.61. The van der Waals surface area contributed by atoms with Gasteiger partial charge in [0.2, 0.25) is 0 Å². The molecule has 1 nitrogen and oxygen atoms in total. The minimum Gasteiger partial charge on any atom is -0.399 e. The van der Waals surface area contributed by atoms with Crippen molar-refractivity contribution >= 4 is 39.8 Å². The van der Waals surface area contributed by atoms with Gasteiger partial charge in [-0.25, -0.2) is 0 Å². The van der Waals surface area contributed by atoms with Crippen molar-refractivity contribution in [2.24, 2.45) is 0 Å². The van der Waals surface area contributed by atoms with Crippen LogP contribution in [0.2, 0.25) is 0 Å². The first-order valence-corrected chi connectivity index (χ1v) is 11.2. The molecule has 0 fully saturated rings. The van der Waals surface area contributed by atoms with Gasteiger partial charge in [-0.1, -0.05) is 88.7 Å². The van der Waals surface area contributed by atoms with E-state index in [0.29, 0.717) is 0 Å². The third kappa shape index (κ3) is 3.95. The molecule has 0 aliphatic rings. The minimum atomic E-state index is -2.60. The average molecular weight is 411 g/mol. The van der Waals surface area contributed by atoms with E-state index in [0.717, 1.165) is 4.47 Å². The van der Waals surface area contributed by atoms with Crippen LogP contribution in [0.1, 0.15) is 20.8 Å². The number of halogens is 1. The summed E-state index contributed by atoms with van der Waals surface area (Å²) in [6.07, 6.45) is 0. The second kappa shape index (κ2) is 7.28. The van der Waals surface area contributed by atoms with Gasteiger partial charge in [-0.3, -0.25) is 0 Å². The summed E-state index contributed by atoms with van der Waals surface area (Å²) in [4.78, 5) is 0. The molecule has 128 valence electrons. The molecule has 25 heavy (non-hydrogen) atoms. The minimum absolute atomic E-state index is 0.259. The molecular formula is C22H23BrOSi. The Bertz CT molecular complexity index is 769. The third-order valence-electron chi connectivity index (χ3n) is 4.07. The summed E-state index contributed by atoms with van der Waals surface area (Å²) in [6.45, 7) is 6.42. The van der Waals surface area contributed by atoms with Crippen LogP contribution in [-0.2, 0) is 4.43 Å². The van der Waals surface area contributed by atoms with E-state index in [-0.39, 0.29) is 5.60 Å². The van der Waals surface area contributed by atoms with Crippen LogP contribution >= 0.6 is 15.9 Å². The molecule has 0 aliphatic carbocycles. The normalized spacial score (nSPS) is 12.2. The van der Waals surface area contributed by atoms with Crippen LogP contribution < -0.4 is 15.6 Å². The van der Waals surface area contributed by atoms with Crippen molar-refractivity contribution in [3.63, 3.8) is 0 Å². The Morgan fingerprint density at radius 1 is 0.640 bits per heavy atom. The first kappa shape index (κ1) is 18.1. The van der Waals surface area contributed by atoms with E-state index in [9.17, 15) is 0 Å². The lowest BCUT2D eigenvalue weighted by molar-refractivity contribution is 0.130. The Morgan fingerprint density at radius 3 is 1.44 bits per heavy atom. The van der Waals surface area contributed by atoms with Gasteiger partial charge in [0.25, 0.3) is 8.32 Å². The lowest BCUT2D eigenvalue weighted by atomic mass is 10.2. The summed E-state index contributed by atoms with van der Waals surface area (Å²) in [6, 6.07) is 29.9. The summed E-state index contributed by atoms with van der Waals surface area (Å²) in [5.41, 5.74) is -0.259. The molecule has 0 amide bonds. The Hall–Kier alpha value is -1.68. The van der Waals surface area contributed by atoms with Crippen molar-refractivity contribution in [2.45, 2.75) is 26.4 Å². The maximum absolute atomic E-state index is 6.95. The van der Waals surface area contributed by atoms with Crippen LogP contribution in [0, 0.1) is 0 Å². The van der Waals surface area contributed by atoms with Crippen molar-refractivity contribution in [3.05, 3.63) is 89.4 Å². The Labute approximate surface area is 159 Å². The molecule has 0 spiro atoms. The first-order valence-electron chi connectivity index (χ1n) is 8.49. The van der Waals surface area contributed by atoms with Crippen molar-refractivity contribution < 1.29 is 4.43 Å². The molecule has 3 aromatic carbocycles. The van der Waals surface area contributed by atoms with E-state index in [2.05, 4.69) is 122 Å². The highest BCUT2D eigenvalue weighted by molar-refractivity contribution is 9.10. The van der Waals surface area contributed by atoms with Gasteiger partial charge in [0.1, 0.15) is 0 Å². The standard InChI is InChI=1S/C22H23BrOSi/c1-22(2,3)24-25(19-10-6-4-7-11-19,20-12-8-5-9-13-20)21-16-14-18(23)15-17-21/h4-17H,1-3H3. The van der Waals surface area contributed by atoms with E-state index in [1.54, 1.807) is 0 Å². The van der Waals surface area contributed by atoms with Crippen molar-refractivity contribution in [2.75, 3.05) is 0 Å². The van der Waals surface area contributed by atoms with Gasteiger partial charge in [0, 0.05) is 10.1 Å². The highest BCUT2D eigenvalue weighted by Gasteiger charge is 2.44. The molecule has 0 heterocycles. The molecule has 0 unspecified atom stereocenters. The van der Waals surface area contributed by atoms with Crippen LogP contribution in [0.3, 0.4) is 0 Å². The van der Waals surface area contributed by atoms with Crippen LogP contribution in [0.15, 0.2) is 89.4 Å². The van der Waals surface area contributed by atoms with Crippen LogP contribution in [0.5, 0.6) is 0 Å². The summed E-state index contributed by atoms with van der Waals surface area (Å²) in [5, 5.41) is 3.78. The van der Waals surface area contributed by atoms with Gasteiger partial charge in [0.15, 0.2) is 0 Å². The molecule has 0 atom stereocenters. The highest BCUT2D eigenvalue weighted by atomic mass is 79.9. The van der Waals surface area contributed by atoms with Gasteiger partial charge in [0.05, 0.1) is 0 Å². The fourth-order valence-electron chi connectivity index (χ4n) is 3.17. The molecule has 3 heteroatoms. The molecule has 0 bridgehead atoms. The smallest absolute Gasteiger partial charge is 0.288 e. The van der Waals surface area contributed by atoms with Crippen molar-refractivity contribution in [3.8, 4) is 0 Å². The van der Waals surface area contributed by atoms with E-state index >= 15 is 0 Å². The molecular weight excluding hydrogens is 388 g/mol. The second-order valence-electron chi connectivity index (χ2n) is 7.13. The molecule has 0 radical (unpaired) electrons. The zero-order valence-corrected chi connectivity index (χ0v) is 17.5. The van der Waals surface area contributed by atoms with E-state index in [1.807, 2.05) is 0 Å². The Morgan fingerprint density at radius 2 is 1.04 bits per heavy atom. The first-order chi connectivity index (χ1) is 11.9. The topological polar surface area (TPSA) is 9.23 Å². The van der Waals surface area contributed by atoms with E-state index < -0.39 is 8.32 Å². The van der Waals surface area contributed by atoms with Gasteiger partial charge < -0.3 is 4.43 Å². The van der Waals surface area contributed by atoms with E-state index in [1.165, 1.54) is 15.6 Å². The lowest BCUT2D eigenvalue weighted by Gasteiger charge is -2.39. The van der Waals surface area contributed by atoms with Crippen LogP contribution in [0.4, 0.5) is 0 Å². The molecule has 0 saturated carbocycles. The van der Waals surface area contributed by atoms with Gasteiger partial charge >= 0.3 is 0 Å². The molecule has 0 aliphatic heterocycles.